The molecule has 4 nitrogen and oxygen atoms in total. The van der Waals surface area contributed by atoms with E-state index in [1.165, 1.54) is 0 Å². The van der Waals surface area contributed by atoms with Crippen LogP contribution in [0.25, 0.3) is 0 Å². The largest absolute Gasteiger partial charge is 0.330 e. The molecule has 0 aliphatic rings. The van der Waals surface area contributed by atoms with Gasteiger partial charge in [0.1, 0.15) is 9.84 Å². The second-order valence-corrected chi connectivity index (χ2v) is 6.58. The Labute approximate surface area is 108 Å². The van der Waals surface area contributed by atoms with Crippen LogP contribution in [0, 0.1) is 0 Å². The van der Waals surface area contributed by atoms with Crippen LogP contribution in [0.5, 0.6) is 0 Å². The van der Waals surface area contributed by atoms with E-state index in [1.54, 1.807) is 19.1 Å². The number of Topliss-reactive ketones (excluding diaryl/α,β-unsaturated/α-hetero) is 1. The lowest BCUT2D eigenvalue weighted by molar-refractivity contribution is 0.0988. The van der Waals surface area contributed by atoms with Gasteiger partial charge in [0.2, 0.25) is 0 Å². The molecular weight excluding hydrogens is 250 g/mol. The summed E-state index contributed by atoms with van der Waals surface area (Å²) in [4.78, 5) is 12.0. The molecule has 0 saturated heterocycles. The highest BCUT2D eigenvalue weighted by Crippen LogP contribution is 2.12. The highest BCUT2D eigenvalue weighted by atomic mass is 32.2. The maximum Gasteiger partial charge on any atom is 0.164 e. The fraction of sp³-hybridized carbons (Fsp3) is 0.462. The third-order valence-electron chi connectivity index (χ3n) is 2.81. The molecule has 18 heavy (non-hydrogen) atoms. The summed E-state index contributed by atoms with van der Waals surface area (Å²) in [6.45, 7) is 2.06. The molecule has 100 valence electrons. The molecule has 0 heterocycles. The van der Waals surface area contributed by atoms with Crippen molar-refractivity contribution in [1.82, 2.24) is 0 Å². The van der Waals surface area contributed by atoms with E-state index in [2.05, 4.69) is 0 Å². The maximum atomic E-state index is 12.0. The van der Waals surface area contributed by atoms with Gasteiger partial charge in [-0.2, -0.15) is 0 Å². The number of nitrogens with two attached hydrogens (primary N) is 1. The maximum absolute atomic E-state index is 12.0. The van der Waals surface area contributed by atoms with Crippen LogP contribution >= 0.6 is 0 Å². The minimum atomic E-state index is -3.09. The quantitative estimate of drug-likeness (QED) is 0.754. The number of benzene rings is 1. The zero-order chi connectivity index (χ0) is 13.6. The van der Waals surface area contributed by atoms with Crippen LogP contribution < -0.4 is 5.73 Å². The van der Waals surface area contributed by atoms with Crippen molar-refractivity contribution in [3.8, 4) is 0 Å². The van der Waals surface area contributed by atoms with E-state index >= 15 is 0 Å². The zero-order valence-electron chi connectivity index (χ0n) is 10.6. The van der Waals surface area contributed by atoms with Crippen molar-refractivity contribution in [2.75, 3.05) is 18.1 Å². The van der Waals surface area contributed by atoms with Crippen LogP contribution in [0.4, 0.5) is 0 Å². The highest BCUT2D eigenvalue weighted by Gasteiger charge is 2.14. The fourth-order valence-corrected chi connectivity index (χ4v) is 2.48. The summed E-state index contributed by atoms with van der Waals surface area (Å²) in [5.74, 6) is -0.139. The lowest BCUT2D eigenvalue weighted by Crippen LogP contribution is -2.15. The van der Waals surface area contributed by atoms with Crippen molar-refractivity contribution in [3.05, 3.63) is 35.4 Å². The van der Waals surface area contributed by atoms with Gasteiger partial charge in [-0.1, -0.05) is 31.2 Å². The lowest BCUT2D eigenvalue weighted by atomic mass is 10.00. The smallest absolute Gasteiger partial charge is 0.164 e. The normalized spacial score (nSPS) is 11.4. The molecule has 0 atom stereocenters. The van der Waals surface area contributed by atoms with Gasteiger partial charge in [0, 0.05) is 17.7 Å². The topological polar surface area (TPSA) is 77.2 Å². The Bertz CT molecular complexity index is 509. The van der Waals surface area contributed by atoms with E-state index in [-0.39, 0.29) is 23.7 Å². The van der Waals surface area contributed by atoms with Crippen molar-refractivity contribution in [3.63, 3.8) is 0 Å². The zero-order valence-corrected chi connectivity index (χ0v) is 11.4. The molecule has 1 aromatic carbocycles. The average molecular weight is 269 g/mol. The van der Waals surface area contributed by atoms with Crippen LogP contribution in [0.1, 0.15) is 29.3 Å². The summed E-state index contributed by atoms with van der Waals surface area (Å²) >= 11 is 0. The van der Waals surface area contributed by atoms with E-state index in [1.807, 2.05) is 12.1 Å². The Hall–Kier alpha value is -1.20. The standard InChI is InChI=1S/C13H19NO3S/c1-2-18(16,17)10-8-13(15)12-6-4-3-5-11(12)7-9-14/h3-6H,2,7-10,14H2,1H3. The Morgan fingerprint density at radius 1 is 1.28 bits per heavy atom. The van der Waals surface area contributed by atoms with Crippen molar-refractivity contribution < 1.29 is 13.2 Å². The molecule has 0 aliphatic heterocycles. The Morgan fingerprint density at radius 3 is 2.56 bits per heavy atom. The SMILES string of the molecule is CCS(=O)(=O)CCC(=O)c1ccccc1CCN. The molecule has 0 unspecified atom stereocenters. The second kappa shape index (κ2) is 6.66. The molecule has 0 aliphatic carbocycles. The predicted octanol–water partition coefficient (Wildman–Crippen LogP) is 1.20. The number of rotatable bonds is 7. The van der Waals surface area contributed by atoms with Gasteiger partial charge in [0.05, 0.1) is 5.75 Å². The van der Waals surface area contributed by atoms with Gasteiger partial charge in [-0.15, -0.1) is 0 Å². The molecule has 1 rings (SSSR count). The Morgan fingerprint density at radius 2 is 1.94 bits per heavy atom. The monoisotopic (exact) mass is 269 g/mol. The summed E-state index contributed by atoms with van der Waals surface area (Å²) in [6, 6.07) is 7.21. The Balaban J connectivity index is 2.78. The molecule has 5 heteroatoms. The van der Waals surface area contributed by atoms with Crippen LogP contribution in [0.2, 0.25) is 0 Å². The van der Waals surface area contributed by atoms with Gasteiger partial charge >= 0.3 is 0 Å². The van der Waals surface area contributed by atoms with E-state index in [0.29, 0.717) is 18.5 Å². The predicted molar refractivity (Wildman–Crippen MR) is 72.5 cm³/mol. The molecule has 2 N–H and O–H groups in total. The third-order valence-corrected chi connectivity index (χ3v) is 4.52. The molecular formula is C13H19NO3S. The van der Waals surface area contributed by atoms with Gasteiger partial charge in [0.15, 0.2) is 5.78 Å². The van der Waals surface area contributed by atoms with E-state index < -0.39 is 9.84 Å². The highest BCUT2D eigenvalue weighted by molar-refractivity contribution is 7.91. The van der Waals surface area contributed by atoms with Crippen LogP contribution in [-0.4, -0.2) is 32.3 Å². The van der Waals surface area contributed by atoms with E-state index in [0.717, 1.165) is 5.56 Å². The summed E-state index contributed by atoms with van der Waals surface area (Å²) in [5.41, 5.74) is 6.97. The van der Waals surface area contributed by atoms with Crippen LogP contribution in [0.15, 0.2) is 24.3 Å². The van der Waals surface area contributed by atoms with Gasteiger partial charge < -0.3 is 5.73 Å². The molecule has 0 bridgehead atoms. The lowest BCUT2D eigenvalue weighted by Gasteiger charge is -2.07. The first-order valence-electron chi connectivity index (χ1n) is 6.01. The van der Waals surface area contributed by atoms with Gasteiger partial charge in [-0.3, -0.25) is 4.79 Å². The van der Waals surface area contributed by atoms with Crippen LogP contribution in [-0.2, 0) is 16.3 Å². The number of carbonyl (C=O) groups is 1. The van der Waals surface area contributed by atoms with E-state index in [9.17, 15) is 13.2 Å². The molecule has 0 amide bonds. The summed E-state index contributed by atoms with van der Waals surface area (Å²) in [6.07, 6.45) is 0.667. The van der Waals surface area contributed by atoms with Crippen molar-refractivity contribution in [2.24, 2.45) is 5.73 Å². The number of hydrogen-bond donors (Lipinski definition) is 1. The van der Waals surface area contributed by atoms with Crippen LogP contribution in [0.3, 0.4) is 0 Å². The number of ketones is 1. The summed E-state index contributed by atoms with van der Waals surface area (Å²) in [7, 11) is -3.09. The van der Waals surface area contributed by atoms with Crippen molar-refractivity contribution in [2.45, 2.75) is 19.8 Å². The fourth-order valence-electron chi connectivity index (χ4n) is 1.69. The van der Waals surface area contributed by atoms with Gasteiger partial charge in [0.25, 0.3) is 0 Å². The van der Waals surface area contributed by atoms with Crippen molar-refractivity contribution >= 4 is 15.6 Å². The van der Waals surface area contributed by atoms with Gasteiger partial charge in [-0.05, 0) is 18.5 Å². The second-order valence-electron chi connectivity index (χ2n) is 4.11. The van der Waals surface area contributed by atoms with Crippen molar-refractivity contribution in [1.29, 1.82) is 0 Å². The first-order chi connectivity index (χ1) is 8.50. The number of carbonyl (C=O) groups excluding carboxylic acids is 1. The molecule has 0 radical (unpaired) electrons. The molecule has 0 spiro atoms. The third kappa shape index (κ3) is 4.23. The summed E-state index contributed by atoms with van der Waals surface area (Å²) in [5, 5.41) is 0. The summed E-state index contributed by atoms with van der Waals surface area (Å²) < 4.78 is 22.7. The molecule has 0 aromatic heterocycles. The number of sulfone groups is 1. The minimum Gasteiger partial charge on any atom is -0.330 e. The first-order valence-corrected chi connectivity index (χ1v) is 7.84. The molecule has 1 aromatic rings. The first kappa shape index (κ1) is 14.9. The van der Waals surface area contributed by atoms with E-state index in [4.69, 9.17) is 5.73 Å². The molecule has 0 fully saturated rings. The minimum absolute atomic E-state index is 0.0394. The van der Waals surface area contributed by atoms with Gasteiger partial charge in [-0.25, -0.2) is 8.42 Å². The average Bonchev–Trinajstić information content (AvgIpc) is 2.37. The molecule has 0 saturated carbocycles. The number of hydrogen-bond acceptors (Lipinski definition) is 4. The Kier molecular flexibility index (Phi) is 5.50.